The van der Waals surface area contributed by atoms with Crippen LogP contribution in [0.2, 0.25) is 0 Å². The lowest BCUT2D eigenvalue weighted by Crippen LogP contribution is -2.43. The first-order chi connectivity index (χ1) is 13.8. The third-order valence-electron chi connectivity index (χ3n) is 4.76. The van der Waals surface area contributed by atoms with Crippen LogP contribution in [0.3, 0.4) is 0 Å². The van der Waals surface area contributed by atoms with Crippen molar-refractivity contribution in [3.63, 3.8) is 0 Å². The second kappa shape index (κ2) is 8.52. The molecule has 1 aliphatic rings. The monoisotopic (exact) mass is 394 g/mol. The minimum atomic E-state index is -0.230. The fraction of sp³-hybridized carbons (Fsp3) is 0.238. The van der Waals surface area contributed by atoms with Crippen molar-refractivity contribution in [1.82, 2.24) is 10.3 Å². The molecule has 28 heavy (non-hydrogen) atoms. The highest BCUT2D eigenvalue weighted by molar-refractivity contribution is 7.13. The number of benzene rings is 2. The molecule has 2 aromatic carbocycles. The van der Waals surface area contributed by atoms with Crippen molar-refractivity contribution in [3.8, 4) is 10.6 Å². The molecule has 0 atom stereocenters. The average Bonchev–Trinajstić information content (AvgIpc) is 3.25. The Labute approximate surface area is 167 Å². The predicted molar refractivity (Wildman–Crippen MR) is 113 cm³/mol. The van der Waals surface area contributed by atoms with Crippen molar-refractivity contribution >= 4 is 28.6 Å². The summed E-state index contributed by atoms with van der Waals surface area (Å²) in [5, 5.41) is 18.4. The zero-order valence-electron chi connectivity index (χ0n) is 15.4. The molecule has 1 aliphatic heterocycles. The summed E-state index contributed by atoms with van der Waals surface area (Å²) in [6.45, 7) is 3.62. The SMILES string of the molecule is O=C(Nc1ccccc1N1CCNCC1)c1csc(-c2ccccc2CO)n1. The van der Waals surface area contributed by atoms with E-state index >= 15 is 0 Å². The summed E-state index contributed by atoms with van der Waals surface area (Å²) in [6, 6.07) is 15.4. The zero-order valence-corrected chi connectivity index (χ0v) is 16.2. The number of amides is 1. The highest BCUT2D eigenvalue weighted by Crippen LogP contribution is 2.29. The number of nitrogens with zero attached hydrogens (tertiary/aromatic N) is 2. The number of hydrogen-bond acceptors (Lipinski definition) is 6. The molecule has 3 N–H and O–H groups in total. The Morgan fingerprint density at radius 2 is 1.89 bits per heavy atom. The minimum Gasteiger partial charge on any atom is -0.392 e. The molecule has 0 radical (unpaired) electrons. The molecule has 0 aliphatic carbocycles. The van der Waals surface area contributed by atoms with Gasteiger partial charge in [0, 0.05) is 37.1 Å². The van der Waals surface area contributed by atoms with E-state index in [-0.39, 0.29) is 12.5 Å². The molecular weight excluding hydrogens is 372 g/mol. The van der Waals surface area contributed by atoms with Gasteiger partial charge in [0.25, 0.3) is 5.91 Å². The highest BCUT2D eigenvalue weighted by Gasteiger charge is 2.18. The van der Waals surface area contributed by atoms with E-state index in [0.29, 0.717) is 5.69 Å². The summed E-state index contributed by atoms with van der Waals surface area (Å²) >= 11 is 1.40. The van der Waals surface area contributed by atoms with E-state index < -0.39 is 0 Å². The van der Waals surface area contributed by atoms with E-state index in [9.17, 15) is 9.90 Å². The van der Waals surface area contributed by atoms with Crippen LogP contribution in [0.15, 0.2) is 53.9 Å². The van der Waals surface area contributed by atoms with Crippen LogP contribution in [0.25, 0.3) is 10.6 Å². The average molecular weight is 395 g/mol. The molecule has 144 valence electrons. The van der Waals surface area contributed by atoms with Gasteiger partial charge in [0.1, 0.15) is 10.7 Å². The van der Waals surface area contributed by atoms with Gasteiger partial charge in [-0.25, -0.2) is 4.98 Å². The Balaban J connectivity index is 1.55. The van der Waals surface area contributed by atoms with Crippen molar-refractivity contribution in [2.75, 3.05) is 36.4 Å². The molecule has 1 amide bonds. The van der Waals surface area contributed by atoms with Crippen molar-refractivity contribution in [2.24, 2.45) is 0 Å². The van der Waals surface area contributed by atoms with Crippen LogP contribution in [0.1, 0.15) is 16.1 Å². The number of thiazole rings is 1. The van der Waals surface area contributed by atoms with Gasteiger partial charge in [-0.15, -0.1) is 11.3 Å². The number of nitrogens with one attached hydrogen (secondary N) is 2. The third kappa shape index (κ3) is 3.91. The van der Waals surface area contributed by atoms with E-state index in [0.717, 1.165) is 53.7 Å². The fourth-order valence-corrected chi connectivity index (χ4v) is 4.18. The Kier molecular flexibility index (Phi) is 5.66. The lowest BCUT2D eigenvalue weighted by molar-refractivity contribution is 0.102. The number of carbonyl (C=O) groups excluding carboxylic acids is 1. The Morgan fingerprint density at radius 1 is 1.14 bits per heavy atom. The Morgan fingerprint density at radius 3 is 2.71 bits per heavy atom. The molecule has 1 fully saturated rings. The van der Waals surface area contributed by atoms with Crippen LogP contribution in [-0.2, 0) is 6.61 Å². The molecule has 4 rings (SSSR count). The molecule has 3 aromatic rings. The van der Waals surface area contributed by atoms with Gasteiger partial charge in [-0.2, -0.15) is 0 Å². The van der Waals surface area contributed by atoms with Crippen LogP contribution < -0.4 is 15.5 Å². The lowest BCUT2D eigenvalue weighted by atomic mass is 10.1. The number of rotatable bonds is 5. The first-order valence-corrected chi connectivity index (χ1v) is 10.1. The maximum Gasteiger partial charge on any atom is 0.275 e. The van der Waals surface area contributed by atoms with E-state index in [1.165, 1.54) is 11.3 Å². The minimum absolute atomic E-state index is 0.0602. The number of anilines is 2. The topological polar surface area (TPSA) is 77.5 Å². The summed E-state index contributed by atoms with van der Waals surface area (Å²) in [4.78, 5) is 19.6. The van der Waals surface area contributed by atoms with Gasteiger partial charge < -0.3 is 20.6 Å². The van der Waals surface area contributed by atoms with Crippen molar-refractivity contribution in [2.45, 2.75) is 6.61 Å². The van der Waals surface area contributed by atoms with Crippen LogP contribution in [0.5, 0.6) is 0 Å². The summed E-state index contributed by atoms with van der Waals surface area (Å²) in [6.07, 6.45) is 0. The van der Waals surface area contributed by atoms with E-state index in [1.54, 1.807) is 5.38 Å². The standard InChI is InChI=1S/C21H22N4O2S/c26-13-15-5-1-2-6-16(15)21-24-18(14-28-21)20(27)23-17-7-3-4-8-19(17)25-11-9-22-10-12-25/h1-8,14,22,26H,9-13H2,(H,23,27). The molecule has 1 aromatic heterocycles. The largest absolute Gasteiger partial charge is 0.392 e. The summed E-state index contributed by atoms with van der Waals surface area (Å²) < 4.78 is 0. The van der Waals surface area contributed by atoms with Crippen LogP contribution in [0.4, 0.5) is 11.4 Å². The van der Waals surface area contributed by atoms with Crippen molar-refractivity contribution < 1.29 is 9.90 Å². The van der Waals surface area contributed by atoms with Gasteiger partial charge >= 0.3 is 0 Å². The van der Waals surface area contributed by atoms with Crippen LogP contribution >= 0.6 is 11.3 Å². The Bertz CT molecular complexity index is 966. The molecule has 7 heteroatoms. The molecule has 0 unspecified atom stereocenters. The maximum atomic E-state index is 12.8. The molecule has 2 heterocycles. The molecule has 6 nitrogen and oxygen atoms in total. The molecule has 1 saturated heterocycles. The first kappa shape index (κ1) is 18.6. The maximum absolute atomic E-state index is 12.8. The molecule has 0 spiro atoms. The Hall–Kier alpha value is -2.74. The normalized spacial score (nSPS) is 14.1. The molecule has 0 bridgehead atoms. The van der Waals surface area contributed by atoms with Crippen LogP contribution in [0, 0.1) is 0 Å². The van der Waals surface area contributed by atoms with Gasteiger partial charge in [0.05, 0.1) is 18.0 Å². The summed E-state index contributed by atoms with van der Waals surface area (Å²) in [7, 11) is 0. The summed E-state index contributed by atoms with van der Waals surface area (Å²) in [5.41, 5.74) is 3.85. The van der Waals surface area contributed by atoms with E-state index in [2.05, 4.69) is 20.5 Å². The smallest absolute Gasteiger partial charge is 0.275 e. The second-order valence-corrected chi connectivity index (χ2v) is 7.42. The number of para-hydroxylation sites is 2. The number of carbonyl (C=O) groups is 1. The van der Waals surface area contributed by atoms with Gasteiger partial charge in [-0.1, -0.05) is 36.4 Å². The molecular formula is C21H22N4O2S. The number of aromatic nitrogens is 1. The zero-order chi connectivity index (χ0) is 19.3. The van der Waals surface area contributed by atoms with Crippen LogP contribution in [-0.4, -0.2) is 42.2 Å². The fourth-order valence-electron chi connectivity index (χ4n) is 3.32. The number of aliphatic hydroxyl groups excluding tert-OH is 1. The van der Waals surface area contributed by atoms with Crippen molar-refractivity contribution in [3.05, 3.63) is 65.2 Å². The predicted octanol–water partition coefficient (Wildman–Crippen LogP) is 2.96. The number of piperazine rings is 1. The van der Waals surface area contributed by atoms with Crippen molar-refractivity contribution in [1.29, 1.82) is 0 Å². The lowest BCUT2D eigenvalue weighted by Gasteiger charge is -2.31. The first-order valence-electron chi connectivity index (χ1n) is 9.27. The van der Waals surface area contributed by atoms with E-state index in [4.69, 9.17) is 0 Å². The second-order valence-electron chi connectivity index (χ2n) is 6.56. The number of aliphatic hydroxyl groups is 1. The quantitative estimate of drug-likeness (QED) is 0.620. The van der Waals surface area contributed by atoms with Gasteiger partial charge in [0.2, 0.25) is 0 Å². The highest BCUT2D eigenvalue weighted by atomic mass is 32.1. The number of hydrogen-bond donors (Lipinski definition) is 3. The van der Waals surface area contributed by atoms with Gasteiger partial charge in [-0.3, -0.25) is 4.79 Å². The van der Waals surface area contributed by atoms with Gasteiger partial charge in [-0.05, 0) is 17.7 Å². The van der Waals surface area contributed by atoms with Gasteiger partial charge in [0.15, 0.2) is 0 Å². The third-order valence-corrected chi connectivity index (χ3v) is 5.64. The van der Waals surface area contributed by atoms with E-state index in [1.807, 2.05) is 48.5 Å². The molecule has 0 saturated carbocycles. The summed E-state index contributed by atoms with van der Waals surface area (Å²) in [5.74, 6) is -0.230.